The Morgan fingerprint density at radius 3 is 2.48 bits per heavy atom. The molecule has 0 aliphatic carbocycles. The van der Waals surface area contributed by atoms with Crippen LogP contribution in [0.25, 0.3) is 0 Å². The number of halogens is 2. The molecule has 25 heavy (non-hydrogen) atoms. The first-order valence-electron chi connectivity index (χ1n) is 7.45. The van der Waals surface area contributed by atoms with Gasteiger partial charge in [0.15, 0.2) is 0 Å². The maximum Gasteiger partial charge on any atom is 0.387 e. The number of aliphatic carboxylic acids is 1. The lowest BCUT2D eigenvalue weighted by atomic mass is 9.98. The Balaban J connectivity index is 2.59. The molecule has 1 aromatic carbocycles. The van der Waals surface area contributed by atoms with Gasteiger partial charge in [-0.15, -0.1) is 0 Å². The summed E-state index contributed by atoms with van der Waals surface area (Å²) in [6.07, 6.45) is 0.102. The topological polar surface area (TPSA) is 105 Å². The van der Waals surface area contributed by atoms with Crippen molar-refractivity contribution in [3.63, 3.8) is 0 Å². The van der Waals surface area contributed by atoms with Gasteiger partial charge < -0.3 is 20.5 Å². The standard InChI is InChI=1S/C16H20F2N2O5/c1-16(2,8-7-13(22)23)20-12(21)9-19-14(24)10-5-3-4-6-11(10)25-15(17)18/h3-6,15H,7-9H2,1-2H3,(H,19,24)(H,20,21)(H,22,23). The molecule has 0 radical (unpaired) electrons. The zero-order chi connectivity index (χ0) is 19.0. The number of alkyl halides is 2. The summed E-state index contributed by atoms with van der Waals surface area (Å²) in [5, 5.41) is 13.6. The van der Waals surface area contributed by atoms with E-state index in [1.807, 2.05) is 0 Å². The van der Waals surface area contributed by atoms with E-state index in [4.69, 9.17) is 5.11 Å². The number of rotatable bonds is 9. The number of carbonyl (C=O) groups excluding carboxylic acids is 2. The van der Waals surface area contributed by atoms with Crippen molar-refractivity contribution in [1.82, 2.24) is 10.6 Å². The van der Waals surface area contributed by atoms with Crippen molar-refractivity contribution in [1.29, 1.82) is 0 Å². The number of benzene rings is 1. The van der Waals surface area contributed by atoms with E-state index in [0.717, 1.165) is 0 Å². The largest absolute Gasteiger partial charge is 0.481 e. The number of hydrogen-bond donors (Lipinski definition) is 3. The van der Waals surface area contributed by atoms with Gasteiger partial charge in [0.25, 0.3) is 5.91 Å². The molecule has 0 bridgehead atoms. The zero-order valence-corrected chi connectivity index (χ0v) is 13.8. The van der Waals surface area contributed by atoms with Gasteiger partial charge in [0, 0.05) is 12.0 Å². The van der Waals surface area contributed by atoms with Gasteiger partial charge in [-0.25, -0.2) is 0 Å². The van der Waals surface area contributed by atoms with Crippen LogP contribution >= 0.6 is 0 Å². The van der Waals surface area contributed by atoms with Crippen molar-refractivity contribution in [2.75, 3.05) is 6.54 Å². The molecular formula is C16H20F2N2O5. The molecule has 9 heteroatoms. The zero-order valence-electron chi connectivity index (χ0n) is 13.8. The van der Waals surface area contributed by atoms with E-state index in [0.29, 0.717) is 0 Å². The molecule has 0 fully saturated rings. The van der Waals surface area contributed by atoms with Crippen LogP contribution in [0.3, 0.4) is 0 Å². The van der Waals surface area contributed by atoms with Gasteiger partial charge in [-0.3, -0.25) is 14.4 Å². The van der Waals surface area contributed by atoms with Gasteiger partial charge in [0.2, 0.25) is 5.91 Å². The normalized spacial score (nSPS) is 11.1. The van der Waals surface area contributed by atoms with Crippen molar-refractivity contribution in [2.24, 2.45) is 0 Å². The first kappa shape index (κ1) is 20.3. The summed E-state index contributed by atoms with van der Waals surface area (Å²) in [4.78, 5) is 34.5. The minimum Gasteiger partial charge on any atom is -0.481 e. The summed E-state index contributed by atoms with van der Waals surface area (Å²) in [6.45, 7) is -0.159. The van der Waals surface area contributed by atoms with Crippen LogP contribution in [0.4, 0.5) is 8.78 Å². The maximum absolute atomic E-state index is 12.3. The summed E-state index contributed by atoms with van der Waals surface area (Å²) >= 11 is 0. The average molecular weight is 358 g/mol. The number of hydrogen-bond acceptors (Lipinski definition) is 4. The molecule has 7 nitrogen and oxygen atoms in total. The van der Waals surface area contributed by atoms with E-state index in [-0.39, 0.29) is 24.2 Å². The second-order valence-electron chi connectivity index (χ2n) is 5.88. The Hall–Kier alpha value is -2.71. The molecule has 1 rings (SSSR count). The average Bonchev–Trinajstić information content (AvgIpc) is 2.50. The first-order chi connectivity index (χ1) is 11.6. The molecule has 1 aromatic rings. The number of carbonyl (C=O) groups is 3. The highest BCUT2D eigenvalue weighted by molar-refractivity contribution is 5.98. The molecule has 0 heterocycles. The summed E-state index contributed by atoms with van der Waals surface area (Å²) in [5.41, 5.74) is -0.891. The monoisotopic (exact) mass is 358 g/mol. The maximum atomic E-state index is 12.3. The molecular weight excluding hydrogens is 338 g/mol. The number of carboxylic acid groups (broad SMARTS) is 1. The van der Waals surface area contributed by atoms with E-state index >= 15 is 0 Å². The summed E-state index contributed by atoms with van der Waals surface area (Å²) < 4.78 is 28.9. The Kier molecular flexibility index (Phi) is 7.28. The van der Waals surface area contributed by atoms with Crippen LogP contribution < -0.4 is 15.4 Å². The van der Waals surface area contributed by atoms with Crippen molar-refractivity contribution in [3.8, 4) is 5.75 Å². The van der Waals surface area contributed by atoms with Crippen LogP contribution in [0, 0.1) is 0 Å². The van der Waals surface area contributed by atoms with Gasteiger partial charge >= 0.3 is 12.6 Å². The molecule has 0 spiro atoms. The van der Waals surface area contributed by atoms with Crippen LogP contribution in [-0.4, -0.2) is 41.6 Å². The summed E-state index contributed by atoms with van der Waals surface area (Å²) in [7, 11) is 0. The SMILES string of the molecule is CC(C)(CCC(=O)O)NC(=O)CNC(=O)c1ccccc1OC(F)F. The molecule has 0 atom stereocenters. The lowest BCUT2D eigenvalue weighted by Gasteiger charge is -2.25. The Labute approximate surface area is 143 Å². The van der Waals surface area contributed by atoms with E-state index in [1.165, 1.54) is 24.3 Å². The molecule has 0 aromatic heterocycles. The fraction of sp³-hybridized carbons (Fsp3) is 0.438. The fourth-order valence-corrected chi connectivity index (χ4v) is 2.01. The van der Waals surface area contributed by atoms with Crippen LogP contribution in [0.15, 0.2) is 24.3 Å². The van der Waals surface area contributed by atoms with Crippen LogP contribution in [0.2, 0.25) is 0 Å². The highest BCUT2D eigenvalue weighted by Gasteiger charge is 2.22. The van der Waals surface area contributed by atoms with E-state index < -0.39 is 36.5 Å². The molecule has 3 N–H and O–H groups in total. The van der Waals surface area contributed by atoms with Crippen LogP contribution in [0.5, 0.6) is 5.75 Å². The second kappa shape index (κ2) is 8.95. The second-order valence-corrected chi connectivity index (χ2v) is 5.88. The van der Waals surface area contributed by atoms with Gasteiger partial charge in [-0.2, -0.15) is 8.78 Å². The smallest absolute Gasteiger partial charge is 0.387 e. The lowest BCUT2D eigenvalue weighted by Crippen LogP contribution is -2.48. The highest BCUT2D eigenvalue weighted by atomic mass is 19.3. The minimum atomic E-state index is -3.08. The van der Waals surface area contributed by atoms with Gasteiger partial charge in [0.05, 0.1) is 12.1 Å². The highest BCUT2D eigenvalue weighted by Crippen LogP contribution is 2.20. The number of carboxylic acids is 1. The minimum absolute atomic E-state index is 0.113. The first-order valence-corrected chi connectivity index (χ1v) is 7.45. The molecule has 0 unspecified atom stereocenters. The molecule has 0 saturated heterocycles. The molecule has 0 aliphatic heterocycles. The quantitative estimate of drug-likeness (QED) is 0.624. The van der Waals surface area contributed by atoms with Crippen LogP contribution in [0.1, 0.15) is 37.0 Å². The molecule has 0 aliphatic rings. The molecule has 138 valence electrons. The number of para-hydroxylation sites is 1. The van der Waals surface area contributed by atoms with E-state index in [1.54, 1.807) is 13.8 Å². The molecule has 0 saturated carbocycles. The lowest BCUT2D eigenvalue weighted by molar-refractivity contribution is -0.137. The van der Waals surface area contributed by atoms with Gasteiger partial charge in [0.1, 0.15) is 5.75 Å². The molecule has 2 amide bonds. The summed E-state index contributed by atoms with van der Waals surface area (Å²) in [6, 6.07) is 5.42. The fourth-order valence-electron chi connectivity index (χ4n) is 2.01. The van der Waals surface area contributed by atoms with Gasteiger partial charge in [-0.1, -0.05) is 12.1 Å². The predicted octanol–water partition coefficient (Wildman–Crippen LogP) is 1.78. The Bertz CT molecular complexity index is 635. The van der Waals surface area contributed by atoms with E-state index in [9.17, 15) is 23.2 Å². The third-order valence-corrected chi connectivity index (χ3v) is 3.20. The van der Waals surface area contributed by atoms with Crippen molar-refractivity contribution < 1.29 is 33.0 Å². The van der Waals surface area contributed by atoms with Gasteiger partial charge in [-0.05, 0) is 32.4 Å². The van der Waals surface area contributed by atoms with Crippen LogP contribution in [-0.2, 0) is 9.59 Å². The van der Waals surface area contributed by atoms with E-state index in [2.05, 4.69) is 15.4 Å². The summed E-state index contributed by atoms with van der Waals surface area (Å²) in [5.74, 6) is -2.55. The number of nitrogens with one attached hydrogen (secondary N) is 2. The van der Waals surface area contributed by atoms with Crippen molar-refractivity contribution in [2.45, 2.75) is 38.8 Å². The third kappa shape index (κ3) is 7.60. The Morgan fingerprint density at radius 1 is 1.24 bits per heavy atom. The predicted molar refractivity (Wildman–Crippen MR) is 84.5 cm³/mol. The third-order valence-electron chi connectivity index (χ3n) is 3.20. The van der Waals surface area contributed by atoms with Crippen molar-refractivity contribution in [3.05, 3.63) is 29.8 Å². The number of amides is 2. The Morgan fingerprint density at radius 2 is 1.88 bits per heavy atom. The van der Waals surface area contributed by atoms with Crippen molar-refractivity contribution >= 4 is 17.8 Å². The number of ether oxygens (including phenoxy) is 1.